The van der Waals surface area contributed by atoms with Crippen LogP contribution < -0.4 is 9.88 Å². The Labute approximate surface area is 123 Å². The molecule has 0 heterocycles. The minimum absolute atomic E-state index is 0.0185. The molecule has 0 atom stereocenters. The number of nitrogens with zero attached hydrogens (tertiary/aromatic N) is 1. The molecule has 0 spiro atoms. The molecule has 2 N–H and O–H groups in total. The van der Waals surface area contributed by atoms with Crippen molar-refractivity contribution in [3.05, 3.63) is 28.3 Å². The van der Waals surface area contributed by atoms with Crippen LogP contribution in [0.1, 0.15) is 20.3 Å². The van der Waals surface area contributed by atoms with Crippen LogP contribution in [0.4, 0.5) is 5.69 Å². The topological polar surface area (TPSA) is 122 Å². The number of nitro benzene ring substituents is 1. The lowest BCUT2D eigenvalue weighted by Gasteiger charge is -2.22. The molecular formula is C12H18N2O6S. The highest BCUT2D eigenvalue weighted by Crippen LogP contribution is 2.28. The van der Waals surface area contributed by atoms with Crippen molar-refractivity contribution in [3.8, 4) is 5.75 Å². The summed E-state index contributed by atoms with van der Waals surface area (Å²) < 4.78 is 33.6. The molecule has 0 saturated heterocycles. The highest BCUT2D eigenvalue weighted by molar-refractivity contribution is 7.89. The molecule has 1 aromatic carbocycles. The Kier molecular flexibility index (Phi) is 5.26. The first-order valence-corrected chi connectivity index (χ1v) is 7.60. The number of sulfonamides is 1. The van der Waals surface area contributed by atoms with Gasteiger partial charge in [-0.1, -0.05) is 0 Å². The third-order valence-electron chi connectivity index (χ3n) is 2.96. The van der Waals surface area contributed by atoms with Crippen LogP contribution >= 0.6 is 0 Å². The number of methoxy groups -OCH3 is 1. The normalized spacial score (nSPS) is 12.2. The Balaban J connectivity index is 3.00. The summed E-state index contributed by atoms with van der Waals surface area (Å²) in [7, 11) is -2.56. The van der Waals surface area contributed by atoms with Crippen LogP contribution in [0.2, 0.25) is 0 Å². The van der Waals surface area contributed by atoms with E-state index in [1.54, 1.807) is 7.11 Å². The Morgan fingerprint density at radius 1 is 1.38 bits per heavy atom. The van der Waals surface area contributed by atoms with E-state index in [1.165, 1.54) is 6.07 Å². The van der Waals surface area contributed by atoms with Gasteiger partial charge in [-0.3, -0.25) is 10.1 Å². The van der Waals surface area contributed by atoms with Gasteiger partial charge in [0.25, 0.3) is 5.69 Å². The Bertz CT molecular complexity index is 627. The van der Waals surface area contributed by atoms with Gasteiger partial charge in [-0.25, -0.2) is 13.6 Å². The second-order valence-corrected chi connectivity index (χ2v) is 6.53. The van der Waals surface area contributed by atoms with Gasteiger partial charge >= 0.3 is 0 Å². The van der Waals surface area contributed by atoms with Crippen molar-refractivity contribution in [3.63, 3.8) is 0 Å². The third-order valence-corrected chi connectivity index (χ3v) is 3.89. The van der Waals surface area contributed by atoms with Crippen molar-refractivity contribution in [1.82, 2.24) is 0 Å². The van der Waals surface area contributed by atoms with Crippen molar-refractivity contribution in [2.75, 3.05) is 13.7 Å². The predicted octanol–water partition coefficient (Wildman–Crippen LogP) is 1.44. The first-order chi connectivity index (χ1) is 9.57. The SMILES string of the molecule is COC(C)(C)CCOc1ccc([N+](=O)[O-])cc1S(N)(=O)=O. The largest absolute Gasteiger partial charge is 0.492 e. The zero-order valence-electron chi connectivity index (χ0n) is 12.0. The summed E-state index contributed by atoms with van der Waals surface area (Å²) in [4.78, 5) is 9.58. The molecule has 0 unspecified atom stereocenters. The maximum absolute atomic E-state index is 11.5. The summed E-state index contributed by atoms with van der Waals surface area (Å²) in [6.07, 6.45) is 0.505. The van der Waals surface area contributed by atoms with E-state index in [4.69, 9.17) is 14.6 Å². The number of benzene rings is 1. The van der Waals surface area contributed by atoms with E-state index in [1.807, 2.05) is 13.8 Å². The van der Waals surface area contributed by atoms with Gasteiger partial charge in [-0.05, 0) is 19.9 Å². The Hall–Kier alpha value is -1.71. The lowest BCUT2D eigenvalue weighted by Crippen LogP contribution is -2.25. The van der Waals surface area contributed by atoms with Gasteiger partial charge in [0.1, 0.15) is 10.6 Å². The molecule has 118 valence electrons. The molecule has 21 heavy (non-hydrogen) atoms. The molecule has 0 bridgehead atoms. The summed E-state index contributed by atoms with van der Waals surface area (Å²) in [5.41, 5.74) is -0.800. The summed E-state index contributed by atoms with van der Waals surface area (Å²) in [6, 6.07) is 3.26. The minimum atomic E-state index is -4.12. The summed E-state index contributed by atoms with van der Waals surface area (Å²) in [6.45, 7) is 3.89. The lowest BCUT2D eigenvalue weighted by atomic mass is 10.1. The minimum Gasteiger partial charge on any atom is -0.492 e. The molecule has 0 fully saturated rings. The van der Waals surface area contributed by atoms with E-state index in [9.17, 15) is 18.5 Å². The van der Waals surface area contributed by atoms with Crippen LogP contribution in [0.3, 0.4) is 0 Å². The molecule has 0 aliphatic rings. The van der Waals surface area contributed by atoms with Gasteiger partial charge in [-0.15, -0.1) is 0 Å². The monoisotopic (exact) mass is 318 g/mol. The first kappa shape index (κ1) is 17.3. The fourth-order valence-corrected chi connectivity index (χ4v) is 2.15. The van der Waals surface area contributed by atoms with Gasteiger partial charge in [0.2, 0.25) is 10.0 Å². The average Bonchev–Trinajstić information content (AvgIpc) is 2.37. The first-order valence-electron chi connectivity index (χ1n) is 6.06. The number of nitro groups is 1. The van der Waals surface area contributed by atoms with E-state index in [0.717, 1.165) is 12.1 Å². The molecular weight excluding hydrogens is 300 g/mol. The molecule has 0 aliphatic carbocycles. The van der Waals surface area contributed by atoms with Crippen LogP contribution in [0.15, 0.2) is 23.1 Å². The van der Waals surface area contributed by atoms with E-state index >= 15 is 0 Å². The Morgan fingerprint density at radius 2 is 2.00 bits per heavy atom. The number of hydrogen-bond donors (Lipinski definition) is 1. The summed E-state index contributed by atoms with van der Waals surface area (Å²) in [5, 5.41) is 15.7. The fourth-order valence-electron chi connectivity index (χ4n) is 1.46. The molecule has 0 amide bonds. The maximum atomic E-state index is 11.5. The zero-order chi connectivity index (χ0) is 16.3. The van der Waals surface area contributed by atoms with Crippen molar-refractivity contribution in [2.45, 2.75) is 30.8 Å². The van der Waals surface area contributed by atoms with E-state index in [2.05, 4.69) is 0 Å². The summed E-state index contributed by atoms with van der Waals surface area (Å²) >= 11 is 0. The fraction of sp³-hybridized carbons (Fsp3) is 0.500. The van der Waals surface area contributed by atoms with Gasteiger partial charge in [0.15, 0.2) is 0 Å². The van der Waals surface area contributed by atoms with Gasteiger partial charge in [0, 0.05) is 25.7 Å². The average molecular weight is 318 g/mol. The van der Waals surface area contributed by atoms with E-state index in [0.29, 0.717) is 6.42 Å². The van der Waals surface area contributed by atoms with Crippen molar-refractivity contribution in [1.29, 1.82) is 0 Å². The number of non-ortho nitro benzene ring substituents is 1. The van der Waals surface area contributed by atoms with Crippen LogP contribution in [0, 0.1) is 10.1 Å². The molecule has 1 rings (SSSR count). The van der Waals surface area contributed by atoms with Crippen LogP contribution in [-0.4, -0.2) is 32.7 Å². The smallest absolute Gasteiger partial charge is 0.271 e. The standard InChI is InChI=1S/C12H18N2O6S/c1-12(2,19-3)6-7-20-10-5-4-9(14(15)16)8-11(10)21(13,17)18/h4-5,8H,6-7H2,1-3H3,(H2,13,17,18). The maximum Gasteiger partial charge on any atom is 0.271 e. The number of nitrogens with two attached hydrogens (primary N) is 1. The summed E-state index contributed by atoms with van der Waals surface area (Å²) in [5.74, 6) is -0.0185. The molecule has 0 aromatic heterocycles. The zero-order valence-corrected chi connectivity index (χ0v) is 12.8. The number of primary sulfonamides is 1. The molecule has 0 saturated carbocycles. The van der Waals surface area contributed by atoms with Crippen LogP contribution in [0.5, 0.6) is 5.75 Å². The van der Waals surface area contributed by atoms with Crippen LogP contribution in [-0.2, 0) is 14.8 Å². The number of ether oxygens (including phenoxy) is 2. The predicted molar refractivity (Wildman–Crippen MR) is 75.7 cm³/mol. The molecule has 8 nitrogen and oxygen atoms in total. The van der Waals surface area contributed by atoms with E-state index < -0.39 is 25.4 Å². The molecule has 0 aliphatic heterocycles. The quantitative estimate of drug-likeness (QED) is 0.599. The van der Waals surface area contributed by atoms with Gasteiger partial charge in [0.05, 0.1) is 17.1 Å². The Morgan fingerprint density at radius 3 is 2.48 bits per heavy atom. The van der Waals surface area contributed by atoms with Crippen molar-refractivity contribution >= 4 is 15.7 Å². The lowest BCUT2D eigenvalue weighted by molar-refractivity contribution is -0.385. The van der Waals surface area contributed by atoms with E-state index in [-0.39, 0.29) is 18.0 Å². The van der Waals surface area contributed by atoms with Crippen molar-refractivity contribution < 1.29 is 22.8 Å². The number of hydrogen-bond acceptors (Lipinski definition) is 6. The third kappa shape index (κ3) is 4.96. The second kappa shape index (κ2) is 6.37. The highest BCUT2D eigenvalue weighted by Gasteiger charge is 2.21. The number of rotatable bonds is 7. The van der Waals surface area contributed by atoms with Crippen molar-refractivity contribution in [2.24, 2.45) is 5.14 Å². The second-order valence-electron chi connectivity index (χ2n) is 5.00. The van der Waals surface area contributed by atoms with Gasteiger partial charge in [-0.2, -0.15) is 0 Å². The highest BCUT2D eigenvalue weighted by atomic mass is 32.2. The molecule has 1 aromatic rings. The van der Waals surface area contributed by atoms with Gasteiger partial charge < -0.3 is 9.47 Å². The molecule has 0 radical (unpaired) electrons. The molecule has 9 heteroatoms. The van der Waals surface area contributed by atoms with Crippen LogP contribution in [0.25, 0.3) is 0 Å².